The monoisotopic (exact) mass is 542 g/mol. The maximum absolute atomic E-state index is 13.4. The molecule has 0 saturated carbocycles. The van der Waals surface area contributed by atoms with E-state index in [0.29, 0.717) is 37.9 Å². The van der Waals surface area contributed by atoms with Crippen molar-refractivity contribution in [3.8, 4) is 0 Å². The second kappa shape index (κ2) is 12.5. The number of β-amino-alcohol motifs (C(OH)–C–C–N with tert-alkyl or cyclic N) is 2. The van der Waals surface area contributed by atoms with E-state index >= 15 is 0 Å². The van der Waals surface area contributed by atoms with Gasteiger partial charge in [0.1, 0.15) is 0 Å². The van der Waals surface area contributed by atoms with Crippen LogP contribution in [0.15, 0.2) is 35.9 Å². The molecule has 8 nitrogen and oxygen atoms in total. The average Bonchev–Trinajstić information content (AvgIpc) is 2.83. The van der Waals surface area contributed by atoms with E-state index in [1.54, 1.807) is 4.90 Å². The Morgan fingerprint density at radius 1 is 1.21 bits per heavy atom. The number of aryl methyl sites for hydroxylation is 1. The van der Waals surface area contributed by atoms with E-state index < -0.39 is 17.2 Å². The van der Waals surface area contributed by atoms with Crippen LogP contribution in [0.2, 0.25) is 0 Å². The Hall–Kier alpha value is -2.26. The van der Waals surface area contributed by atoms with Gasteiger partial charge in [-0.25, -0.2) is 0 Å². The van der Waals surface area contributed by atoms with E-state index in [1.807, 2.05) is 65.8 Å². The number of piperidine rings is 1. The first kappa shape index (κ1) is 31.3. The topological polar surface area (TPSA) is 119 Å². The molecule has 8 heteroatoms. The Bertz CT molecular complexity index is 1040. The fraction of sp³-hybridized carbons (Fsp3) is 0.677. The molecular weight excluding hydrogens is 492 g/mol. The minimum Gasteiger partial charge on any atom is -0.395 e. The van der Waals surface area contributed by atoms with Crippen molar-refractivity contribution in [3.05, 3.63) is 47.0 Å². The largest absolute Gasteiger partial charge is 0.395 e. The molecule has 1 aromatic rings. The number of nitrogens with zero attached hydrogens (tertiary/aromatic N) is 2. The van der Waals surface area contributed by atoms with Gasteiger partial charge in [-0.15, -0.1) is 0 Å². The number of rotatable bonds is 9. The molecule has 1 heterocycles. The number of hydrogen-bond donors (Lipinski definition) is 4. The van der Waals surface area contributed by atoms with Gasteiger partial charge in [0, 0.05) is 41.8 Å². The Kier molecular flexibility index (Phi) is 10.0. The van der Waals surface area contributed by atoms with Crippen molar-refractivity contribution in [1.82, 2.24) is 15.1 Å². The molecule has 2 aliphatic rings. The van der Waals surface area contributed by atoms with Crippen LogP contribution in [0, 0.1) is 0 Å². The number of aliphatic hydroxyl groups excluding tert-OH is 2. The first-order valence-corrected chi connectivity index (χ1v) is 14.4. The maximum atomic E-state index is 13.4. The van der Waals surface area contributed by atoms with E-state index in [-0.39, 0.29) is 36.5 Å². The van der Waals surface area contributed by atoms with Gasteiger partial charge in [-0.05, 0) is 91.7 Å². The summed E-state index contributed by atoms with van der Waals surface area (Å²) in [4.78, 5) is 30.5. The van der Waals surface area contributed by atoms with Crippen LogP contribution in [0.25, 0.3) is 0 Å². The zero-order valence-electron chi connectivity index (χ0n) is 24.8. The van der Waals surface area contributed by atoms with Crippen LogP contribution in [-0.2, 0) is 11.2 Å². The van der Waals surface area contributed by atoms with Crippen molar-refractivity contribution in [2.75, 3.05) is 26.2 Å². The molecule has 1 aliphatic carbocycles. The lowest BCUT2D eigenvalue weighted by Crippen LogP contribution is -2.64. The van der Waals surface area contributed by atoms with Crippen LogP contribution in [-0.4, -0.2) is 86.8 Å². The predicted octanol–water partition coefficient (Wildman–Crippen LogP) is 3.01. The number of amides is 2. The van der Waals surface area contributed by atoms with Crippen LogP contribution in [0.3, 0.4) is 0 Å². The summed E-state index contributed by atoms with van der Waals surface area (Å²) in [6.45, 7) is 12.8. The Balaban J connectivity index is 1.74. The molecule has 1 aliphatic heterocycles. The van der Waals surface area contributed by atoms with E-state index in [9.17, 15) is 19.8 Å². The van der Waals surface area contributed by atoms with Crippen LogP contribution in [0.1, 0.15) is 89.6 Å². The molecule has 0 aromatic heterocycles. The first-order chi connectivity index (χ1) is 18.1. The van der Waals surface area contributed by atoms with E-state index in [1.165, 1.54) is 0 Å². The third-order valence-electron chi connectivity index (χ3n) is 7.82. The Morgan fingerprint density at radius 3 is 2.54 bits per heavy atom. The molecule has 3 rings (SSSR count). The molecule has 0 spiro atoms. The summed E-state index contributed by atoms with van der Waals surface area (Å²) in [5.74, 6) is -0.163. The number of nitrogens with one attached hydrogen (secondary N) is 1. The second-order valence-corrected chi connectivity index (χ2v) is 13.4. The summed E-state index contributed by atoms with van der Waals surface area (Å²) in [5.41, 5.74) is 8.20. The zero-order valence-corrected chi connectivity index (χ0v) is 24.8. The summed E-state index contributed by atoms with van der Waals surface area (Å²) >= 11 is 0. The second-order valence-electron chi connectivity index (χ2n) is 13.4. The van der Waals surface area contributed by atoms with Gasteiger partial charge in [-0.2, -0.15) is 0 Å². The van der Waals surface area contributed by atoms with Crippen molar-refractivity contribution in [3.63, 3.8) is 0 Å². The molecular formula is C31H50N4O4. The minimum atomic E-state index is -0.688. The predicted molar refractivity (Wildman–Crippen MR) is 155 cm³/mol. The molecule has 0 bridgehead atoms. The smallest absolute Gasteiger partial charge is 0.254 e. The van der Waals surface area contributed by atoms with Crippen molar-refractivity contribution in [2.24, 2.45) is 5.73 Å². The molecule has 5 N–H and O–H groups in total. The number of carbonyl (C=O) groups is 2. The van der Waals surface area contributed by atoms with E-state index in [0.717, 1.165) is 30.4 Å². The van der Waals surface area contributed by atoms with Crippen molar-refractivity contribution >= 4 is 11.8 Å². The molecule has 1 aromatic carbocycles. The number of carbonyl (C=O) groups excluding carboxylic acids is 2. The van der Waals surface area contributed by atoms with Crippen molar-refractivity contribution in [1.29, 1.82) is 0 Å². The third-order valence-corrected chi connectivity index (χ3v) is 7.82. The van der Waals surface area contributed by atoms with Crippen molar-refractivity contribution in [2.45, 2.75) is 109 Å². The number of allylic oxidation sites excluding steroid dienone is 1. The molecule has 39 heavy (non-hydrogen) atoms. The standard InChI is InChI=1S/C31H50N4O4/c1-29(2,3)33-27(38)26-19-23-12-9-10-16-31(23,32)21-34(26)20-24(37)15-14-22-11-7-8-13-25(22)28(39)35(17-18-36)30(4,5)6/h7-8,11-13,24,26,36-37H,9-10,14-21,32H2,1-6H3,(H,33,38)/t24?,26?,31-/m0/s1. The molecule has 3 atom stereocenters. The van der Waals surface area contributed by atoms with Crippen LogP contribution in [0.5, 0.6) is 0 Å². The third kappa shape index (κ3) is 8.13. The highest BCUT2D eigenvalue weighted by atomic mass is 16.3. The normalized spacial score (nSPS) is 23.0. The first-order valence-electron chi connectivity index (χ1n) is 14.4. The van der Waals surface area contributed by atoms with Crippen LogP contribution < -0.4 is 11.1 Å². The summed E-state index contributed by atoms with van der Waals surface area (Å²) in [7, 11) is 0. The molecule has 1 fully saturated rings. The highest BCUT2D eigenvalue weighted by Gasteiger charge is 2.44. The van der Waals surface area contributed by atoms with Gasteiger partial charge in [-0.3, -0.25) is 14.5 Å². The lowest BCUT2D eigenvalue weighted by molar-refractivity contribution is -0.129. The van der Waals surface area contributed by atoms with E-state index in [4.69, 9.17) is 5.73 Å². The quantitative estimate of drug-likeness (QED) is 0.356. The zero-order chi connectivity index (χ0) is 29.0. The number of aliphatic hydroxyl groups is 2. The summed E-state index contributed by atoms with van der Waals surface area (Å²) < 4.78 is 0. The highest BCUT2D eigenvalue weighted by molar-refractivity contribution is 5.96. The number of likely N-dealkylation sites (tertiary alicyclic amines) is 1. The fourth-order valence-corrected chi connectivity index (χ4v) is 5.86. The summed E-state index contributed by atoms with van der Waals surface area (Å²) in [6.07, 6.45) is 5.97. The number of hydrogen-bond acceptors (Lipinski definition) is 6. The Morgan fingerprint density at radius 2 is 1.90 bits per heavy atom. The summed E-state index contributed by atoms with van der Waals surface area (Å²) in [5, 5.41) is 23.8. The SMILES string of the molecule is CC(C)(C)NC(=O)C1CC2=CCCC[C@]2(N)CN1CC(O)CCc1ccccc1C(=O)N(CCO)C(C)(C)C. The minimum absolute atomic E-state index is 0.0367. The lowest BCUT2D eigenvalue weighted by atomic mass is 9.74. The van der Waals surface area contributed by atoms with Gasteiger partial charge in [0.05, 0.1) is 18.8 Å². The molecule has 0 radical (unpaired) electrons. The van der Waals surface area contributed by atoms with Gasteiger partial charge in [-0.1, -0.05) is 29.8 Å². The number of nitrogens with two attached hydrogens (primary N) is 1. The maximum Gasteiger partial charge on any atom is 0.254 e. The fourth-order valence-electron chi connectivity index (χ4n) is 5.86. The number of benzene rings is 1. The lowest BCUT2D eigenvalue weighted by Gasteiger charge is -2.48. The highest BCUT2D eigenvalue weighted by Crippen LogP contribution is 2.37. The summed E-state index contributed by atoms with van der Waals surface area (Å²) in [6, 6.07) is 7.10. The number of fused-ring (bicyclic) bond motifs is 1. The van der Waals surface area contributed by atoms with E-state index in [2.05, 4.69) is 16.3 Å². The Labute approximate surface area is 234 Å². The molecule has 2 amide bonds. The van der Waals surface area contributed by atoms with Gasteiger partial charge < -0.3 is 26.2 Å². The van der Waals surface area contributed by atoms with Crippen LogP contribution in [0.4, 0.5) is 0 Å². The van der Waals surface area contributed by atoms with Gasteiger partial charge in [0.25, 0.3) is 5.91 Å². The molecule has 218 valence electrons. The van der Waals surface area contributed by atoms with Crippen LogP contribution >= 0.6 is 0 Å². The average molecular weight is 543 g/mol. The molecule has 1 saturated heterocycles. The van der Waals surface area contributed by atoms with Gasteiger partial charge in [0.15, 0.2) is 0 Å². The van der Waals surface area contributed by atoms with Gasteiger partial charge in [0.2, 0.25) is 5.91 Å². The van der Waals surface area contributed by atoms with Gasteiger partial charge >= 0.3 is 0 Å². The molecule has 2 unspecified atom stereocenters. The van der Waals surface area contributed by atoms with Crippen molar-refractivity contribution < 1.29 is 19.8 Å².